The van der Waals surface area contributed by atoms with E-state index in [1.165, 1.54) is 12.8 Å². The highest BCUT2D eigenvalue weighted by atomic mass is 16.3. The number of hydrogen-bond donors (Lipinski definition) is 2. The molecule has 0 aromatic rings. The van der Waals surface area contributed by atoms with E-state index in [-0.39, 0.29) is 11.5 Å². The van der Waals surface area contributed by atoms with Gasteiger partial charge in [-0.15, -0.1) is 0 Å². The summed E-state index contributed by atoms with van der Waals surface area (Å²) in [4.78, 5) is 0. The molecule has 1 fully saturated rings. The molecular formula is C12H25NO. The van der Waals surface area contributed by atoms with Crippen LogP contribution in [0.1, 0.15) is 46.5 Å². The predicted molar refractivity (Wildman–Crippen MR) is 60.0 cm³/mol. The molecule has 0 aromatic carbocycles. The number of aliphatic hydroxyl groups excluding tert-OH is 1. The van der Waals surface area contributed by atoms with Gasteiger partial charge in [-0.05, 0) is 31.1 Å². The van der Waals surface area contributed by atoms with Crippen molar-refractivity contribution in [1.29, 1.82) is 0 Å². The summed E-state index contributed by atoms with van der Waals surface area (Å²) in [5.74, 6) is 1.11. The first-order chi connectivity index (χ1) is 6.55. The van der Waals surface area contributed by atoms with Gasteiger partial charge in [-0.2, -0.15) is 0 Å². The summed E-state index contributed by atoms with van der Waals surface area (Å²) in [6, 6.07) is 0. The van der Waals surface area contributed by atoms with Crippen LogP contribution in [0.15, 0.2) is 0 Å². The van der Waals surface area contributed by atoms with E-state index in [0.717, 1.165) is 18.8 Å². The molecule has 0 heterocycles. The number of aliphatic hydroxyl groups is 1. The summed E-state index contributed by atoms with van der Waals surface area (Å²) < 4.78 is 0. The maximum atomic E-state index is 10.2. The minimum atomic E-state index is -0.218. The van der Waals surface area contributed by atoms with E-state index in [2.05, 4.69) is 20.8 Å². The molecule has 1 saturated carbocycles. The van der Waals surface area contributed by atoms with Crippen LogP contribution in [0.5, 0.6) is 0 Å². The van der Waals surface area contributed by atoms with Crippen LogP contribution in [-0.4, -0.2) is 17.8 Å². The van der Waals surface area contributed by atoms with Crippen LogP contribution >= 0.6 is 0 Å². The van der Waals surface area contributed by atoms with Crippen LogP contribution in [0.2, 0.25) is 0 Å². The zero-order valence-corrected chi connectivity index (χ0v) is 9.79. The van der Waals surface area contributed by atoms with Crippen molar-refractivity contribution in [3.8, 4) is 0 Å². The van der Waals surface area contributed by atoms with Crippen LogP contribution in [0.3, 0.4) is 0 Å². The molecule has 0 aromatic heterocycles. The molecule has 1 aliphatic carbocycles. The lowest BCUT2D eigenvalue weighted by Crippen LogP contribution is -2.42. The Labute approximate surface area is 87.9 Å². The van der Waals surface area contributed by atoms with Crippen molar-refractivity contribution in [2.75, 3.05) is 6.54 Å². The van der Waals surface area contributed by atoms with E-state index in [1.54, 1.807) is 0 Å². The van der Waals surface area contributed by atoms with Gasteiger partial charge in [0.2, 0.25) is 0 Å². The Kier molecular flexibility index (Phi) is 3.96. The Bertz CT molecular complexity index is 181. The van der Waals surface area contributed by atoms with Crippen LogP contribution in [0, 0.1) is 17.3 Å². The maximum Gasteiger partial charge on any atom is 0.0631 e. The first-order valence-electron chi connectivity index (χ1n) is 5.94. The van der Waals surface area contributed by atoms with Crippen molar-refractivity contribution >= 4 is 0 Å². The quantitative estimate of drug-likeness (QED) is 0.729. The predicted octanol–water partition coefficient (Wildman–Crippen LogP) is 2.16. The molecule has 1 rings (SSSR count). The summed E-state index contributed by atoms with van der Waals surface area (Å²) >= 11 is 0. The highest BCUT2D eigenvalue weighted by Gasteiger charge is 2.43. The normalized spacial score (nSPS) is 35.1. The van der Waals surface area contributed by atoms with Gasteiger partial charge in [-0.25, -0.2) is 0 Å². The third kappa shape index (κ3) is 2.12. The van der Waals surface area contributed by atoms with E-state index in [0.29, 0.717) is 12.5 Å². The fourth-order valence-corrected chi connectivity index (χ4v) is 2.90. The summed E-state index contributed by atoms with van der Waals surface area (Å²) in [6.07, 6.45) is 4.49. The van der Waals surface area contributed by atoms with Crippen molar-refractivity contribution in [3.05, 3.63) is 0 Å². The van der Waals surface area contributed by atoms with Gasteiger partial charge in [0.1, 0.15) is 0 Å². The molecule has 84 valence electrons. The zero-order valence-electron chi connectivity index (χ0n) is 9.79. The van der Waals surface area contributed by atoms with E-state index >= 15 is 0 Å². The monoisotopic (exact) mass is 199 g/mol. The van der Waals surface area contributed by atoms with E-state index in [4.69, 9.17) is 5.73 Å². The minimum absolute atomic E-state index is 0.0227. The van der Waals surface area contributed by atoms with Gasteiger partial charge in [0, 0.05) is 12.0 Å². The highest BCUT2D eigenvalue weighted by molar-refractivity contribution is 4.95. The van der Waals surface area contributed by atoms with Gasteiger partial charge in [-0.1, -0.05) is 27.2 Å². The lowest BCUT2D eigenvalue weighted by molar-refractivity contribution is -0.00279. The summed E-state index contributed by atoms with van der Waals surface area (Å²) in [5.41, 5.74) is 5.89. The van der Waals surface area contributed by atoms with Crippen LogP contribution in [0.4, 0.5) is 0 Å². The van der Waals surface area contributed by atoms with Gasteiger partial charge in [0.05, 0.1) is 6.10 Å². The van der Waals surface area contributed by atoms with Crippen molar-refractivity contribution in [1.82, 2.24) is 0 Å². The molecule has 14 heavy (non-hydrogen) atoms. The molecule has 0 bridgehead atoms. The third-order valence-corrected chi connectivity index (χ3v) is 3.99. The second kappa shape index (κ2) is 4.63. The molecule has 0 amide bonds. The van der Waals surface area contributed by atoms with Crippen molar-refractivity contribution in [2.24, 2.45) is 23.0 Å². The van der Waals surface area contributed by atoms with Gasteiger partial charge >= 0.3 is 0 Å². The molecule has 2 heteroatoms. The summed E-state index contributed by atoms with van der Waals surface area (Å²) in [6.45, 7) is 7.05. The molecule has 0 saturated heterocycles. The molecule has 1 aliphatic rings. The van der Waals surface area contributed by atoms with E-state index in [9.17, 15) is 5.11 Å². The van der Waals surface area contributed by atoms with E-state index in [1.807, 2.05) is 0 Å². The fourth-order valence-electron chi connectivity index (χ4n) is 2.90. The average Bonchev–Trinajstić information content (AvgIpc) is 2.61. The Morgan fingerprint density at radius 3 is 2.50 bits per heavy atom. The van der Waals surface area contributed by atoms with Crippen LogP contribution < -0.4 is 5.73 Å². The van der Waals surface area contributed by atoms with Crippen molar-refractivity contribution < 1.29 is 5.11 Å². The Hall–Kier alpha value is -0.0800. The lowest BCUT2D eigenvalue weighted by Gasteiger charge is -2.35. The molecule has 0 spiro atoms. The average molecular weight is 199 g/mol. The molecule has 0 radical (unpaired) electrons. The van der Waals surface area contributed by atoms with Gasteiger partial charge in [0.25, 0.3) is 0 Å². The number of nitrogens with two attached hydrogens (primary N) is 1. The van der Waals surface area contributed by atoms with E-state index < -0.39 is 0 Å². The molecule has 0 aliphatic heterocycles. The first kappa shape index (κ1) is 12.0. The SMILES string of the molecule is CCC1CCC(CN)(C(O)C(C)C)C1. The minimum Gasteiger partial charge on any atom is -0.392 e. The second-order valence-electron chi connectivity index (χ2n) is 5.27. The molecule has 3 N–H and O–H groups in total. The molecular weight excluding hydrogens is 174 g/mol. The second-order valence-corrected chi connectivity index (χ2v) is 5.27. The zero-order chi connectivity index (χ0) is 10.8. The van der Waals surface area contributed by atoms with Crippen LogP contribution in [-0.2, 0) is 0 Å². The standard InChI is InChI=1S/C12H25NO/c1-4-10-5-6-12(7-10,8-13)11(14)9(2)3/h9-11,14H,4-8,13H2,1-3H3. The topological polar surface area (TPSA) is 46.2 Å². The van der Waals surface area contributed by atoms with Crippen LogP contribution in [0.25, 0.3) is 0 Å². The van der Waals surface area contributed by atoms with Crippen molar-refractivity contribution in [2.45, 2.75) is 52.6 Å². The summed E-state index contributed by atoms with van der Waals surface area (Å²) in [7, 11) is 0. The van der Waals surface area contributed by atoms with Gasteiger partial charge < -0.3 is 10.8 Å². The Balaban J connectivity index is 2.68. The Morgan fingerprint density at radius 2 is 2.14 bits per heavy atom. The van der Waals surface area contributed by atoms with Gasteiger partial charge in [0.15, 0.2) is 0 Å². The van der Waals surface area contributed by atoms with Crippen molar-refractivity contribution in [3.63, 3.8) is 0 Å². The largest absolute Gasteiger partial charge is 0.392 e. The molecule has 3 unspecified atom stereocenters. The smallest absolute Gasteiger partial charge is 0.0631 e. The molecule has 3 atom stereocenters. The number of rotatable bonds is 4. The number of hydrogen-bond acceptors (Lipinski definition) is 2. The lowest BCUT2D eigenvalue weighted by atomic mass is 9.75. The fraction of sp³-hybridized carbons (Fsp3) is 1.00. The summed E-state index contributed by atoms with van der Waals surface area (Å²) in [5, 5.41) is 10.2. The first-order valence-corrected chi connectivity index (χ1v) is 5.94. The maximum absolute atomic E-state index is 10.2. The third-order valence-electron chi connectivity index (χ3n) is 3.99. The highest BCUT2D eigenvalue weighted by Crippen LogP contribution is 2.46. The molecule has 2 nitrogen and oxygen atoms in total. The Morgan fingerprint density at radius 1 is 1.50 bits per heavy atom. The van der Waals surface area contributed by atoms with Gasteiger partial charge in [-0.3, -0.25) is 0 Å².